The van der Waals surface area contributed by atoms with Crippen LogP contribution in [-0.4, -0.2) is 83.8 Å². The molecular weight excluding hydrogens is 474 g/mol. The number of nitrogens with zero attached hydrogens (tertiary/aromatic N) is 2. The summed E-state index contributed by atoms with van der Waals surface area (Å²) < 4.78 is 6.36. The number of rotatable bonds is 7. The van der Waals surface area contributed by atoms with E-state index in [0.29, 0.717) is 30.1 Å². The van der Waals surface area contributed by atoms with E-state index in [2.05, 4.69) is 16.0 Å². The summed E-state index contributed by atoms with van der Waals surface area (Å²) in [5, 5.41) is 18.5. The fraction of sp³-hybridized carbons (Fsp3) is 0.667. The Hall–Kier alpha value is -3.01. The van der Waals surface area contributed by atoms with E-state index in [1.807, 2.05) is 20.8 Å². The molecule has 3 rings (SSSR count). The number of aliphatic hydroxyl groups excluding tert-OH is 1. The summed E-state index contributed by atoms with van der Waals surface area (Å²) in [6, 6.07) is 4.23. The summed E-state index contributed by atoms with van der Waals surface area (Å²) in [6.07, 6.45) is 5.12. The molecule has 2 aliphatic rings. The Balaban J connectivity index is 1.82. The Morgan fingerprint density at radius 3 is 2.54 bits per heavy atom. The summed E-state index contributed by atoms with van der Waals surface area (Å²) in [4.78, 5) is 41.9. The smallest absolute Gasteiger partial charge is 0.319 e. The van der Waals surface area contributed by atoms with Crippen LogP contribution in [0.4, 0.5) is 15.3 Å². The third kappa shape index (κ3) is 7.74. The first kappa shape index (κ1) is 28.6. The topological polar surface area (TPSA) is 123 Å². The number of nitrogens with one attached hydrogen (secondary N) is 3. The number of hydrogen-bond donors (Lipinski definition) is 4. The van der Waals surface area contributed by atoms with E-state index in [-0.39, 0.29) is 48.7 Å². The minimum absolute atomic E-state index is 0.0373. The van der Waals surface area contributed by atoms with Gasteiger partial charge in [0.25, 0.3) is 5.91 Å². The van der Waals surface area contributed by atoms with Gasteiger partial charge in [0.1, 0.15) is 11.9 Å². The highest BCUT2D eigenvalue weighted by Crippen LogP contribution is 2.30. The number of urea groups is 2. The van der Waals surface area contributed by atoms with E-state index in [1.54, 1.807) is 42.0 Å². The molecule has 4 N–H and O–H groups in total. The second-order valence-electron chi connectivity index (χ2n) is 10.8. The van der Waals surface area contributed by atoms with Crippen LogP contribution in [0.5, 0.6) is 5.75 Å². The van der Waals surface area contributed by atoms with Crippen molar-refractivity contribution in [3.05, 3.63) is 23.8 Å². The van der Waals surface area contributed by atoms with Crippen molar-refractivity contribution < 1.29 is 24.2 Å². The van der Waals surface area contributed by atoms with Gasteiger partial charge in [-0.05, 0) is 51.8 Å². The largest absolute Gasteiger partial charge is 0.487 e. The maximum Gasteiger partial charge on any atom is 0.319 e. The van der Waals surface area contributed by atoms with Gasteiger partial charge in [0.15, 0.2) is 0 Å². The van der Waals surface area contributed by atoms with Crippen LogP contribution in [0.15, 0.2) is 18.2 Å². The molecule has 0 aromatic heterocycles. The van der Waals surface area contributed by atoms with Gasteiger partial charge >= 0.3 is 12.1 Å². The van der Waals surface area contributed by atoms with Crippen LogP contribution < -0.4 is 20.7 Å². The minimum Gasteiger partial charge on any atom is -0.487 e. The number of hydrogen-bond acceptors (Lipinski definition) is 5. The first-order valence-corrected chi connectivity index (χ1v) is 13.4. The van der Waals surface area contributed by atoms with Crippen LogP contribution in [0.25, 0.3) is 0 Å². The average molecular weight is 518 g/mol. The van der Waals surface area contributed by atoms with Gasteiger partial charge < -0.3 is 35.6 Å². The Morgan fingerprint density at radius 2 is 1.89 bits per heavy atom. The predicted molar refractivity (Wildman–Crippen MR) is 143 cm³/mol. The minimum atomic E-state index is -0.408. The molecule has 10 heteroatoms. The van der Waals surface area contributed by atoms with Crippen molar-refractivity contribution in [2.75, 3.05) is 32.1 Å². The number of fused-ring (bicyclic) bond motifs is 1. The number of amides is 5. The van der Waals surface area contributed by atoms with Gasteiger partial charge in [0, 0.05) is 37.3 Å². The quantitative estimate of drug-likeness (QED) is 0.441. The fourth-order valence-electron chi connectivity index (χ4n) is 4.83. The van der Waals surface area contributed by atoms with Crippen molar-refractivity contribution in [2.24, 2.45) is 5.92 Å². The van der Waals surface area contributed by atoms with Gasteiger partial charge in [-0.1, -0.05) is 26.2 Å². The molecule has 10 nitrogen and oxygen atoms in total. The molecule has 1 saturated carbocycles. The fourth-order valence-corrected chi connectivity index (χ4v) is 4.83. The van der Waals surface area contributed by atoms with Gasteiger partial charge in [-0.2, -0.15) is 0 Å². The third-order valence-corrected chi connectivity index (χ3v) is 7.08. The molecule has 0 unspecified atom stereocenters. The van der Waals surface area contributed by atoms with Crippen LogP contribution >= 0.6 is 0 Å². The van der Waals surface area contributed by atoms with E-state index < -0.39 is 6.04 Å². The second kappa shape index (κ2) is 13.0. The summed E-state index contributed by atoms with van der Waals surface area (Å²) in [5.41, 5.74) is 0.758. The summed E-state index contributed by atoms with van der Waals surface area (Å²) >= 11 is 0. The zero-order chi connectivity index (χ0) is 27.1. The van der Waals surface area contributed by atoms with E-state index >= 15 is 0 Å². The Kier molecular flexibility index (Phi) is 10.0. The molecule has 1 aliphatic carbocycles. The molecule has 37 heavy (non-hydrogen) atoms. The van der Waals surface area contributed by atoms with Gasteiger partial charge in [0.2, 0.25) is 0 Å². The van der Waals surface area contributed by atoms with Crippen LogP contribution in [0.1, 0.15) is 70.2 Å². The van der Waals surface area contributed by atoms with E-state index in [1.165, 1.54) is 6.42 Å². The molecule has 1 aliphatic heterocycles. The summed E-state index contributed by atoms with van der Waals surface area (Å²) in [6.45, 7) is 8.01. The maximum absolute atomic E-state index is 13.5. The van der Waals surface area contributed by atoms with Crippen molar-refractivity contribution in [1.82, 2.24) is 20.4 Å². The van der Waals surface area contributed by atoms with Crippen molar-refractivity contribution in [2.45, 2.75) is 84.0 Å². The van der Waals surface area contributed by atoms with Crippen molar-refractivity contribution >= 4 is 23.7 Å². The van der Waals surface area contributed by atoms with E-state index in [4.69, 9.17) is 4.74 Å². The van der Waals surface area contributed by atoms with Crippen molar-refractivity contribution in [1.29, 1.82) is 0 Å². The molecule has 1 aromatic rings. The molecule has 0 radical (unpaired) electrons. The lowest BCUT2D eigenvalue weighted by Gasteiger charge is -2.38. The number of carbonyl (C=O) groups is 3. The number of likely N-dealkylation sites (N-methyl/N-ethyl adjacent to an activating group) is 1. The monoisotopic (exact) mass is 517 g/mol. The highest BCUT2D eigenvalue weighted by atomic mass is 16.5. The van der Waals surface area contributed by atoms with Crippen molar-refractivity contribution in [3.8, 4) is 5.75 Å². The molecule has 1 aromatic carbocycles. The second-order valence-corrected chi connectivity index (χ2v) is 10.8. The Labute approximate surface area is 220 Å². The van der Waals surface area contributed by atoms with Gasteiger partial charge in [-0.25, -0.2) is 9.59 Å². The molecule has 1 heterocycles. The first-order valence-electron chi connectivity index (χ1n) is 13.4. The molecule has 1 fully saturated rings. The Bertz CT molecular complexity index is 949. The van der Waals surface area contributed by atoms with Gasteiger partial charge in [0.05, 0.1) is 24.8 Å². The summed E-state index contributed by atoms with van der Waals surface area (Å²) in [5.74, 6) is -0.00332. The lowest BCUT2D eigenvalue weighted by atomic mass is 9.96. The van der Waals surface area contributed by atoms with Gasteiger partial charge in [-0.3, -0.25) is 4.79 Å². The molecule has 0 saturated heterocycles. The predicted octanol–water partition coefficient (Wildman–Crippen LogP) is 3.41. The molecule has 3 atom stereocenters. The van der Waals surface area contributed by atoms with Crippen LogP contribution in [0.2, 0.25) is 0 Å². The Morgan fingerprint density at radius 1 is 1.19 bits per heavy atom. The summed E-state index contributed by atoms with van der Waals surface area (Å²) in [7, 11) is 1.76. The van der Waals surface area contributed by atoms with Crippen LogP contribution in [0, 0.1) is 5.92 Å². The average Bonchev–Trinajstić information content (AvgIpc) is 2.86. The molecule has 5 amide bonds. The van der Waals surface area contributed by atoms with Crippen molar-refractivity contribution in [3.63, 3.8) is 0 Å². The third-order valence-electron chi connectivity index (χ3n) is 7.08. The highest BCUT2D eigenvalue weighted by molar-refractivity contribution is 5.99. The lowest BCUT2D eigenvalue weighted by molar-refractivity contribution is 0.0366. The van der Waals surface area contributed by atoms with Crippen LogP contribution in [0.3, 0.4) is 0 Å². The van der Waals surface area contributed by atoms with E-state index in [0.717, 1.165) is 25.7 Å². The number of benzene rings is 1. The standard InChI is InChI=1S/C27H43N5O5/c1-17(2)28-26(35)29-21-11-12-23-22(13-21)25(34)32(19(4)16-33)14-18(3)24(37-23)15-31(5)27(36)30-20-9-7-6-8-10-20/h11-13,17-20,24,33H,6-10,14-16H2,1-5H3,(H,30,36)(H2,28,29,35)/t18-,19-,24-/m1/s1. The number of anilines is 1. The van der Waals surface area contributed by atoms with E-state index in [9.17, 15) is 19.5 Å². The lowest BCUT2D eigenvalue weighted by Crippen LogP contribution is -2.52. The SMILES string of the molecule is CC(C)NC(=O)Nc1ccc2c(c1)C(=O)N([C@H](C)CO)C[C@@H](C)[C@@H](CN(C)C(=O)NC1CCCCC1)O2. The molecule has 0 spiro atoms. The number of aliphatic hydroxyl groups is 1. The van der Waals surface area contributed by atoms with Crippen LogP contribution in [-0.2, 0) is 0 Å². The molecule has 0 bridgehead atoms. The van der Waals surface area contributed by atoms with Gasteiger partial charge in [-0.15, -0.1) is 0 Å². The maximum atomic E-state index is 13.5. The highest BCUT2D eigenvalue weighted by Gasteiger charge is 2.34. The normalized spacial score (nSPS) is 21.3. The zero-order valence-corrected chi connectivity index (χ0v) is 22.8. The number of carbonyl (C=O) groups excluding carboxylic acids is 3. The number of ether oxygens (including phenoxy) is 1. The first-order chi connectivity index (χ1) is 17.6. The molecule has 206 valence electrons. The molecular formula is C27H43N5O5. The zero-order valence-electron chi connectivity index (χ0n) is 22.8.